The van der Waals surface area contributed by atoms with Crippen LogP contribution in [-0.2, 0) is 19.2 Å². The van der Waals surface area contributed by atoms with Crippen LogP contribution in [0.3, 0.4) is 0 Å². The highest BCUT2D eigenvalue weighted by Gasteiger charge is 2.23. The number of aliphatic carboxylic acids is 2. The van der Waals surface area contributed by atoms with Gasteiger partial charge in [-0.1, -0.05) is 137 Å². The van der Waals surface area contributed by atoms with Crippen LogP contribution in [0, 0.1) is 0 Å². The van der Waals surface area contributed by atoms with E-state index in [2.05, 4.69) is 10.6 Å². The number of amides is 2. The summed E-state index contributed by atoms with van der Waals surface area (Å²) >= 11 is 0. The normalized spacial score (nSPS) is 12.5. The molecule has 12 heteroatoms. The lowest BCUT2D eigenvalue weighted by molar-refractivity contribution is -0.141. The second-order valence-corrected chi connectivity index (χ2v) is 14.9. The molecule has 0 aromatic heterocycles. The molecule has 2 atom stereocenters. The first-order chi connectivity index (χ1) is 22.3. The summed E-state index contributed by atoms with van der Waals surface area (Å²) in [5, 5.41) is 24.2. The van der Waals surface area contributed by atoms with Gasteiger partial charge >= 0.3 is 11.9 Å². The molecule has 0 spiro atoms. The zero-order valence-corrected chi connectivity index (χ0v) is 30.1. The average molecular weight is 691 g/mol. The molecule has 0 aliphatic carbocycles. The highest BCUT2D eigenvalue weighted by Crippen LogP contribution is 2.23. The molecule has 46 heavy (non-hydrogen) atoms. The van der Waals surface area contributed by atoms with Crippen molar-refractivity contribution in [3.05, 3.63) is 0 Å². The Morgan fingerprint density at radius 1 is 0.435 bits per heavy atom. The highest BCUT2D eigenvalue weighted by atomic mass is 33.1. The number of rotatable bonds is 35. The molecule has 270 valence electrons. The Morgan fingerprint density at radius 2 is 0.674 bits per heavy atom. The molecule has 0 aromatic carbocycles. The lowest BCUT2D eigenvalue weighted by atomic mass is 10.0. The first-order valence-electron chi connectivity index (χ1n) is 18.0. The lowest BCUT2D eigenvalue weighted by Crippen LogP contribution is -2.43. The smallest absolute Gasteiger partial charge is 0.327 e. The standard InChI is InChI=1S/C34H66N4O6S2/c35-25-21-17-13-9-5-1-3-7-11-15-19-23-31(39)37-29(33(41)42)27-45-46-28-30(34(43)44)38-32(40)24-20-16-12-8-4-2-6-10-14-18-22-26-36/h29-30H,1-28,35-36H2,(H,37,39)(H,38,40)(H,41,42)(H,43,44). The first kappa shape index (κ1) is 44.5. The fourth-order valence-electron chi connectivity index (χ4n) is 5.16. The van der Waals surface area contributed by atoms with Crippen LogP contribution in [0.15, 0.2) is 0 Å². The summed E-state index contributed by atoms with van der Waals surface area (Å²) in [5.74, 6) is -2.59. The van der Waals surface area contributed by atoms with Crippen molar-refractivity contribution < 1.29 is 29.4 Å². The number of carbonyl (C=O) groups is 4. The number of carboxylic acid groups (broad SMARTS) is 2. The third kappa shape index (κ3) is 29.9. The highest BCUT2D eigenvalue weighted by molar-refractivity contribution is 8.76. The maximum atomic E-state index is 12.3. The molecule has 0 bridgehead atoms. The van der Waals surface area contributed by atoms with Crippen LogP contribution in [0.25, 0.3) is 0 Å². The molecule has 8 N–H and O–H groups in total. The van der Waals surface area contributed by atoms with Crippen LogP contribution in [0.1, 0.15) is 154 Å². The third-order valence-corrected chi connectivity index (χ3v) is 10.5. The van der Waals surface area contributed by atoms with E-state index in [9.17, 15) is 29.4 Å². The monoisotopic (exact) mass is 690 g/mol. The van der Waals surface area contributed by atoms with Crippen LogP contribution in [0.2, 0.25) is 0 Å². The molecule has 0 fully saturated rings. The summed E-state index contributed by atoms with van der Waals surface area (Å²) in [6.45, 7) is 1.56. The van der Waals surface area contributed by atoms with E-state index in [1.54, 1.807) is 0 Å². The molecule has 0 rings (SSSR count). The summed E-state index contributed by atoms with van der Waals surface area (Å²) < 4.78 is 0. The molecule has 0 saturated heterocycles. The second kappa shape index (κ2) is 33.4. The van der Waals surface area contributed by atoms with Gasteiger partial charge in [0.25, 0.3) is 0 Å². The number of carboxylic acids is 2. The van der Waals surface area contributed by atoms with Crippen LogP contribution in [0.4, 0.5) is 0 Å². The number of hydrogen-bond donors (Lipinski definition) is 6. The van der Waals surface area contributed by atoms with Crippen LogP contribution in [-0.4, -0.2) is 70.6 Å². The van der Waals surface area contributed by atoms with Crippen molar-refractivity contribution in [1.29, 1.82) is 0 Å². The predicted octanol–water partition coefficient (Wildman–Crippen LogP) is 6.79. The predicted molar refractivity (Wildman–Crippen MR) is 193 cm³/mol. The molecule has 0 aromatic rings. The van der Waals surface area contributed by atoms with Crippen molar-refractivity contribution in [2.45, 2.75) is 166 Å². The van der Waals surface area contributed by atoms with E-state index in [0.29, 0.717) is 12.8 Å². The topological polar surface area (TPSA) is 185 Å². The average Bonchev–Trinajstić information content (AvgIpc) is 3.02. The van der Waals surface area contributed by atoms with E-state index in [1.807, 2.05) is 0 Å². The van der Waals surface area contributed by atoms with Crippen molar-refractivity contribution in [2.24, 2.45) is 11.5 Å². The molecule has 2 amide bonds. The van der Waals surface area contributed by atoms with E-state index >= 15 is 0 Å². The Morgan fingerprint density at radius 3 is 0.913 bits per heavy atom. The number of nitrogens with one attached hydrogen (secondary N) is 2. The summed E-state index contributed by atoms with van der Waals surface area (Å²) in [7, 11) is 2.37. The van der Waals surface area contributed by atoms with Gasteiger partial charge in [0, 0.05) is 24.3 Å². The zero-order chi connectivity index (χ0) is 34.1. The second-order valence-electron chi connectivity index (χ2n) is 12.3. The van der Waals surface area contributed by atoms with Crippen molar-refractivity contribution in [3.8, 4) is 0 Å². The molecule has 10 nitrogen and oxygen atoms in total. The molecular weight excluding hydrogens is 625 g/mol. The number of carbonyl (C=O) groups excluding carboxylic acids is 2. The van der Waals surface area contributed by atoms with Gasteiger partial charge in [-0.15, -0.1) is 0 Å². The minimum absolute atomic E-state index is 0.104. The SMILES string of the molecule is NCCCCCCCCCCCCCC(=O)NC(CSSCC(NC(=O)CCCCCCCCCCCCCN)C(=O)O)C(=O)O. The maximum Gasteiger partial charge on any atom is 0.327 e. The summed E-state index contributed by atoms with van der Waals surface area (Å²) in [4.78, 5) is 47.9. The largest absolute Gasteiger partial charge is 0.480 e. The molecule has 0 aliphatic heterocycles. The van der Waals surface area contributed by atoms with E-state index in [4.69, 9.17) is 11.5 Å². The van der Waals surface area contributed by atoms with Crippen molar-refractivity contribution in [1.82, 2.24) is 10.6 Å². The fraction of sp³-hybridized carbons (Fsp3) is 0.882. The summed E-state index contributed by atoms with van der Waals surface area (Å²) in [5.41, 5.74) is 11.0. The number of unbranched alkanes of at least 4 members (excludes halogenated alkanes) is 20. The molecule has 2 unspecified atom stereocenters. The van der Waals surface area contributed by atoms with Crippen LogP contribution >= 0.6 is 21.6 Å². The van der Waals surface area contributed by atoms with Crippen molar-refractivity contribution in [3.63, 3.8) is 0 Å². The fourth-order valence-corrected chi connectivity index (χ4v) is 7.47. The van der Waals surface area contributed by atoms with Gasteiger partial charge in [0.1, 0.15) is 12.1 Å². The van der Waals surface area contributed by atoms with Crippen molar-refractivity contribution >= 4 is 45.3 Å². The van der Waals surface area contributed by atoms with Gasteiger partial charge in [-0.2, -0.15) is 0 Å². The third-order valence-electron chi connectivity index (χ3n) is 8.04. The Kier molecular flexibility index (Phi) is 32.3. The molecule has 0 heterocycles. The minimum atomic E-state index is -1.12. The quantitative estimate of drug-likeness (QED) is 0.0306. The van der Waals surface area contributed by atoms with Gasteiger partial charge in [0.2, 0.25) is 11.8 Å². The van der Waals surface area contributed by atoms with Gasteiger partial charge < -0.3 is 32.3 Å². The van der Waals surface area contributed by atoms with Crippen LogP contribution < -0.4 is 22.1 Å². The van der Waals surface area contributed by atoms with E-state index in [0.717, 1.165) is 77.3 Å². The van der Waals surface area contributed by atoms with E-state index in [1.165, 1.54) is 98.6 Å². The Hall–Kier alpha value is -1.50. The van der Waals surface area contributed by atoms with Crippen LogP contribution in [0.5, 0.6) is 0 Å². The minimum Gasteiger partial charge on any atom is -0.480 e. The number of hydrogen-bond acceptors (Lipinski definition) is 8. The van der Waals surface area contributed by atoms with Gasteiger partial charge in [-0.25, -0.2) is 9.59 Å². The lowest BCUT2D eigenvalue weighted by Gasteiger charge is -2.16. The van der Waals surface area contributed by atoms with Crippen molar-refractivity contribution in [2.75, 3.05) is 24.6 Å². The van der Waals surface area contributed by atoms with Gasteiger partial charge in [0.15, 0.2) is 0 Å². The Balaban J connectivity index is 3.97. The van der Waals surface area contributed by atoms with E-state index < -0.39 is 24.0 Å². The Labute approximate surface area is 286 Å². The van der Waals surface area contributed by atoms with Gasteiger partial charge in [-0.3, -0.25) is 9.59 Å². The molecule has 0 radical (unpaired) electrons. The molecule has 0 aliphatic rings. The maximum absolute atomic E-state index is 12.3. The first-order valence-corrected chi connectivity index (χ1v) is 20.5. The zero-order valence-electron chi connectivity index (χ0n) is 28.5. The van der Waals surface area contributed by atoms with E-state index in [-0.39, 0.29) is 23.3 Å². The molecule has 0 saturated carbocycles. The molecular formula is C34H66N4O6S2. The summed E-state index contributed by atoms with van der Waals surface area (Å²) in [6.07, 6.45) is 25.6. The Bertz CT molecular complexity index is 716. The van der Waals surface area contributed by atoms with Gasteiger partial charge in [-0.05, 0) is 38.8 Å². The number of nitrogens with two attached hydrogens (primary N) is 2. The summed E-state index contributed by atoms with van der Waals surface area (Å²) in [6, 6.07) is -2.09. The van der Waals surface area contributed by atoms with Gasteiger partial charge in [0.05, 0.1) is 0 Å².